The minimum atomic E-state index is -1.90. The van der Waals surface area contributed by atoms with E-state index in [9.17, 15) is 0 Å². The first-order valence-corrected chi connectivity index (χ1v) is 25.9. The predicted octanol–water partition coefficient (Wildman–Crippen LogP) is 17.2. The van der Waals surface area contributed by atoms with Crippen LogP contribution in [0.5, 0.6) is 23.0 Å². The Morgan fingerprint density at radius 3 is 0.864 bits per heavy atom. The summed E-state index contributed by atoms with van der Waals surface area (Å²) in [6, 6.07) is 50.5. The Morgan fingerprint density at radius 2 is 0.591 bits per heavy atom. The zero-order valence-electron chi connectivity index (χ0n) is 38.9. The van der Waals surface area contributed by atoms with E-state index in [1.165, 1.54) is 22.3 Å². The highest BCUT2D eigenvalue weighted by molar-refractivity contribution is 7.43. The van der Waals surface area contributed by atoms with Crippen molar-refractivity contribution in [2.24, 2.45) is 23.7 Å². The highest BCUT2D eigenvalue weighted by Gasteiger charge is 2.45. The van der Waals surface area contributed by atoms with Crippen LogP contribution in [-0.2, 0) is 9.05 Å². The van der Waals surface area contributed by atoms with Gasteiger partial charge in [0.2, 0.25) is 0 Å². The summed E-state index contributed by atoms with van der Waals surface area (Å²) in [5.74, 6) is 4.52. The highest BCUT2D eigenvalue weighted by atomic mass is 31.2. The normalized spacial score (nSPS) is 21.2. The molecule has 0 spiro atoms. The first kappa shape index (κ1) is 44.6. The SMILES string of the molecule is Cc1ccc(OP(Oc2ccc(C)c3ccccc23)OC2CCC(C)CC2C2CC(C)CCC2OP(Oc2ccc(C)c3ccccc23)Oc2ccc(C)c3ccccc23)c2ccccc12. The molecule has 2 aliphatic carbocycles. The van der Waals surface area contributed by atoms with Crippen LogP contribution in [0.1, 0.15) is 74.6 Å². The summed E-state index contributed by atoms with van der Waals surface area (Å²) in [6.45, 7) is 13.4. The van der Waals surface area contributed by atoms with E-state index in [1.54, 1.807) is 0 Å². The zero-order valence-corrected chi connectivity index (χ0v) is 40.7. The van der Waals surface area contributed by atoms with Gasteiger partial charge in [-0.1, -0.05) is 135 Å². The van der Waals surface area contributed by atoms with E-state index < -0.39 is 17.2 Å². The summed E-state index contributed by atoms with van der Waals surface area (Å²) >= 11 is 0. The predicted molar refractivity (Wildman–Crippen MR) is 274 cm³/mol. The van der Waals surface area contributed by atoms with Crippen LogP contribution in [-0.4, -0.2) is 12.2 Å². The molecule has 8 heteroatoms. The number of hydrogen-bond acceptors (Lipinski definition) is 6. The van der Waals surface area contributed by atoms with Crippen LogP contribution in [0.2, 0.25) is 0 Å². The molecule has 8 aromatic carbocycles. The minimum Gasteiger partial charge on any atom is -0.417 e. The Balaban J connectivity index is 0.998. The first-order chi connectivity index (χ1) is 32.2. The molecular weight excluding hydrogens is 855 g/mol. The fourth-order valence-electron chi connectivity index (χ4n) is 10.6. The largest absolute Gasteiger partial charge is 0.463 e. The second kappa shape index (κ2) is 19.6. The number of hydrogen-bond donors (Lipinski definition) is 0. The van der Waals surface area contributed by atoms with Crippen molar-refractivity contribution in [2.45, 2.75) is 92.3 Å². The molecule has 6 atom stereocenters. The molecule has 0 saturated heterocycles. The number of benzene rings is 8. The quantitative estimate of drug-likeness (QED) is 0.107. The van der Waals surface area contributed by atoms with Crippen molar-refractivity contribution in [2.75, 3.05) is 0 Å². The lowest BCUT2D eigenvalue weighted by Gasteiger charge is -2.45. The van der Waals surface area contributed by atoms with E-state index in [1.807, 2.05) is 0 Å². The van der Waals surface area contributed by atoms with E-state index in [2.05, 4.69) is 187 Å². The summed E-state index contributed by atoms with van der Waals surface area (Å²) in [6.07, 6.45) is 5.77. The molecule has 2 fully saturated rings. The van der Waals surface area contributed by atoms with Gasteiger partial charge in [0.05, 0.1) is 12.2 Å². The van der Waals surface area contributed by atoms with E-state index in [-0.39, 0.29) is 24.0 Å². The van der Waals surface area contributed by atoms with Crippen molar-refractivity contribution >= 4 is 60.3 Å². The van der Waals surface area contributed by atoms with E-state index >= 15 is 0 Å². The Labute approximate surface area is 392 Å². The maximum atomic E-state index is 7.38. The molecule has 2 saturated carbocycles. The molecule has 6 nitrogen and oxygen atoms in total. The van der Waals surface area contributed by atoms with Crippen LogP contribution >= 0.6 is 17.2 Å². The molecule has 0 bridgehead atoms. The lowest BCUT2D eigenvalue weighted by molar-refractivity contribution is -0.0362. The van der Waals surface area contributed by atoms with E-state index in [0.29, 0.717) is 11.8 Å². The smallest absolute Gasteiger partial charge is 0.417 e. The molecule has 10 rings (SSSR count). The molecule has 66 heavy (non-hydrogen) atoms. The maximum Gasteiger partial charge on any atom is 0.463 e. The molecule has 0 aliphatic heterocycles. The molecule has 0 amide bonds. The Hall–Kier alpha value is -5.22. The van der Waals surface area contributed by atoms with Gasteiger partial charge in [-0.3, -0.25) is 9.05 Å². The number of rotatable bonds is 13. The molecule has 0 aromatic heterocycles. The van der Waals surface area contributed by atoms with Gasteiger partial charge in [0.15, 0.2) is 0 Å². The van der Waals surface area contributed by atoms with Gasteiger partial charge in [-0.2, -0.15) is 0 Å². The third-order valence-corrected chi connectivity index (χ3v) is 16.6. The summed E-state index contributed by atoms with van der Waals surface area (Å²) in [5.41, 5.74) is 4.80. The van der Waals surface area contributed by atoms with Crippen molar-refractivity contribution in [1.82, 2.24) is 0 Å². The standard InChI is InChI=1S/C58H60O6P2/c1-37-23-29-57(63-65(59-53-31-25-39(3)43-15-7-11-19-47(43)53)60-54-32-26-40(4)44-16-8-12-20-48(44)54)51(35-37)52-36-38(2)24-30-58(52)64-66(61-55-33-27-41(5)45-17-9-13-21-49(45)55)62-56-34-28-42(6)46-18-10-14-22-50(46)56/h7-22,25-28,31-34,37-38,51-52,57-58H,23-24,29-30,35-36H2,1-6H3. The summed E-state index contributed by atoms with van der Waals surface area (Å²) in [4.78, 5) is 0. The Morgan fingerprint density at radius 1 is 0.333 bits per heavy atom. The van der Waals surface area contributed by atoms with Gasteiger partial charge in [0.1, 0.15) is 23.0 Å². The summed E-state index contributed by atoms with van der Waals surface area (Å²) in [5, 5.41) is 8.81. The average Bonchev–Trinajstić information content (AvgIpc) is 3.34. The van der Waals surface area contributed by atoms with E-state index in [4.69, 9.17) is 27.1 Å². The van der Waals surface area contributed by atoms with E-state index in [0.717, 1.165) is 105 Å². The third kappa shape index (κ3) is 9.36. The fourth-order valence-corrected chi connectivity index (χ4v) is 13.1. The van der Waals surface area contributed by atoms with Crippen molar-refractivity contribution < 1.29 is 27.1 Å². The molecule has 8 aromatic rings. The Kier molecular flexibility index (Phi) is 13.2. The lowest BCUT2D eigenvalue weighted by Crippen LogP contribution is -2.43. The van der Waals surface area contributed by atoms with Gasteiger partial charge in [0, 0.05) is 21.5 Å². The second-order valence-corrected chi connectivity index (χ2v) is 21.0. The van der Waals surface area contributed by atoms with Gasteiger partial charge < -0.3 is 18.1 Å². The topological polar surface area (TPSA) is 55.4 Å². The number of fused-ring (bicyclic) bond motifs is 4. The zero-order chi connectivity index (χ0) is 45.3. The lowest BCUT2D eigenvalue weighted by atomic mass is 9.66. The molecule has 0 radical (unpaired) electrons. The van der Waals surface area contributed by atoms with Gasteiger partial charge in [-0.05, 0) is 158 Å². The molecule has 2 aliphatic rings. The van der Waals surface area contributed by atoms with Crippen molar-refractivity contribution in [1.29, 1.82) is 0 Å². The summed E-state index contributed by atoms with van der Waals surface area (Å²) < 4.78 is 42.8. The van der Waals surface area contributed by atoms with Crippen LogP contribution in [0.3, 0.4) is 0 Å². The van der Waals surface area contributed by atoms with Crippen LogP contribution in [0.4, 0.5) is 0 Å². The van der Waals surface area contributed by atoms with Crippen molar-refractivity contribution in [3.8, 4) is 23.0 Å². The molecule has 6 unspecified atom stereocenters. The highest BCUT2D eigenvalue weighted by Crippen LogP contribution is 2.55. The maximum absolute atomic E-state index is 7.38. The molecule has 0 heterocycles. The molecule has 338 valence electrons. The average molecular weight is 915 g/mol. The fraction of sp³-hybridized carbons (Fsp3) is 0.310. The van der Waals surface area contributed by atoms with Gasteiger partial charge >= 0.3 is 17.2 Å². The van der Waals surface area contributed by atoms with Gasteiger partial charge in [0.25, 0.3) is 0 Å². The van der Waals surface area contributed by atoms with Crippen LogP contribution in [0.25, 0.3) is 43.1 Å². The molecular formula is C58H60O6P2. The van der Waals surface area contributed by atoms with Crippen LogP contribution in [0.15, 0.2) is 146 Å². The number of aryl methyl sites for hydroxylation is 4. The molecule has 0 N–H and O–H groups in total. The Bertz CT molecular complexity index is 2630. The van der Waals surface area contributed by atoms with Crippen LogP contribution < -0.4 is 18.1 Å². The van der Waals surface area contributed by atoms with Crippen molar-refractivity contribution in [3.63, 3.8) is 0 Å². The first-order valence-electron chi connectivity index (χ1n) is 23.8. The minimum absolute atomic E-state index is 0.114. The van der Waals surface area contributed by atoms with Gasteiger partial charge in [-0.15, -0.1) is 0 Å². The summed E-state index contributed by atoms with van der Waals surface area (Å²) in [7, 11) is -3.80. The van der Waals surface area contributed by atoms with Gasteiger partial charge in [-0.25, -0.2) is 0 Å². The van der Waals surface area contributed by atoms with Crippen molar-refractivity contribution in [3.05, 3.63) is 168 Å². The monoisotopic (exact) mass is 914 g/mol. The second-order valence-electron chi connectivity index (χ2n) is 19.0. The third-order valence-electron chi connectivity index (χ3n) is 14.3. The van der Waals surface area contributed by atoms with Crippen LogP contribution in [0, 0.1) is 51.4 Å².